The van der Waals surface area contributed by atoms with Crippen LogP contribution in [0.5, 0.6) is 0 Å². The highest BCUT2D eigenvalue weighted by molar-refractivity contribution is 5.42. The molecule has 2 aromatic rings. The van der Waals surface area contributed by atoms with Crippen LogP contribution in [0.2, 0.25) is 0 Å². The molecule has 2 N–H and O–H groups in total. The fraction of sp³-hybridized carbons (Fsp3) is 0.385. The molecule has 0 saturated carbocycles. The average Bonchev–Trinajstić information content (AvgIpc) is 2.97. The molecule has 0 radical (unpaired) electrons. The number of halogens is 3. The first-order valence-electron chi connectivity index (χ1n) is 6.72. The lowest BCUT2D eigenvalue weighted by Crippen LogP contribution is -2.25. The number of nitrogen functional groups attached to an aromatic ring is 1. The second-order valence-corrected chi connectivity index (χ2v) is 5.01. The number of nitrogens with two attached hydrogens (primary N) is 1. The molecule has 1 aliphatic heterocycles. The van der Waals surface area contributed by atoms with Crippen molar-refractivity contribution in [2.45, 2.75) is 25.1 Å². The summed E-state index contributed by atoms with van der Waals surface area (Å²) >= 11 is 0. The molecule has 9 heteroatoms. The third-order valence-electron chi connectivity index (χ3n) is 3.54. The highest BCUT2D eigenvalue weighted by atomic mass is 19.4. The van der Waals surface area contributed by atoms with E-state index in [1.54, 1.807) is 12.1 Å². The van der Waals surface area contributed by atoms with Crippen LogP contribution in [0.4, 0.5) is 24.8 Å². The molecule has 1 atom stereocenters. The first kappa shape index (κ1) is 14.5. The van der Waals surface area contributed by atoms with Crippen molar-refractivity contribution in [1.82, 2.24) is 20.4 Å². The van der Waals surface area contributed by atoms with Gasteiger partial charge < -0.3 is 10.6 Å². The van der Waals surface area contributed by atoms with Crippen molar-refractivity contribution >= 4 is 11.6 Å². The molecule has 116 valence electrons. The van der Waals surface area contributed by atoms with Crippen LogP contribution in [0.1, 0.15) is 30.3 Å². The average molecular weight is 310 g/mol. The van der Waals surface area contributed by atoms with Gasteiger partial charge in [-0.05, 0) is 37.1 Å². The maximum Gasteiger partial charge on any atom is 0.435 e. The van der Waals surface area contributed by atoms with Gasteiger partial charge in [0.25, 0.3) is 0 Å². The molecule has 0 aliphatic carbocycles. The first-order valence-corrected chi connectivity index (χ1v) is 6.72. The van der Waals surface area contributed by atoms with Crippen LogP contribution < -0.4 is 10.6 Å². The zero-order valence-electron chi connectivity index (χ0n) is 11.5. The van der Waals surface area contributed by atoms with Crippen molar-refractivity contribution in [3.63, 3.8) is 0 Å². The number of hydrogen-bond donors (Lipinski definition) is 1. The second-order valence-electron chi connectivity index (χ2n) is 5.01. The zero-order valence-corrected chi connectivity index (χ0v) is 11.5. The van der Waals surface area contributed by atoms with Gasteiger partial charge in [-0.15, -0.1) is 15.3 Å². The fourth-order valence-electron chi connectivity index (χ4n) is 2.51. The maximum absolute atomic E-state index is 12.5. The Hall–Kier alpha value is -2.45. The fourth-order valence-corrected chi connectivity index (χ4v) is 2.51. The van der Waals surface area contributed by atoms with Gasteiger partial charge in [0.05, 0.1) is 11.7 Å². The summed E-state index contributed by atoms with van der Waals surface area (Å²) in [4.78, 5) is 1.88. The van der Waals surface area contributed by atoms with Gasteiger partial charge in [0.15, 0.2) is 11.5 Å². The molecule has 2 aromatic heterocycles. The van der Waals surface area contributed by atoms with Gasteiger partial charge in [-0.1, -0.05) is 0 Å². The quantitative estimate of drug-likeness (QED) is 0.916. The van der Waals surface area contributed by atoms with Crippen LogP contribution in [0.25, 0.3) is 0 Å². The standard InChI is InChI=1S/C13H13F3N6/c14-13(15,16)10-4-6-12(21-19-10)22-7-1-2-9(22)8-3-5-11(17)20-18-8/h3-6,9H,1-2,7H2,(H2,17,20). The smallest absolute Gasteiger partial charge is 0.382 e. The van der Waals surface area contributed by atoms with Crippen molar-refractivity contribution in [3.8, 4) is 0 Å². The van der Waals surface area contributed by atoms with E-state index in [1.165, 1.54) is 6.07 Å². The van der Waals surface area contributed by atoms with Gasteiger partial charge >= 0.3 is 6.18 Å². The van der Waals surface area contributed by atoms with E-state index >= 15 is 0 Å². The Morgan fingerprint density at radius 1 is 1.05 bits per heavy atom. The summed E-state index contributed by atoms with van der Waals surface area (Å²) in [6.07, 6.45) is -2.78. The van der Waals surface area contributed by atoms with Crippen molar-refractivity contribution in [3.05, 3.63) is 35.7 Å². The van der Waals surface area contributed by atoms with Crippen LogP contribution in [0, 0.1) is 0 Å². The minimum atomic E-state index is -4.49. The van der Waals surface area contributed by atoms with Gasteiger partial charge in [-0.25, -0.2) is 0 Å². The van der Waals surface area contributed by atoms with E-state index in [1.807, 2.05) is 4.90 Å². The molecule has 22 heavy (non-hydrogen) atoms. The van der Waals surface area contributed by atoms with Crippen molar-refractivity contribution in [2.24, 2.45) is 0 Å². The van der Waals surface area contributed by atoms with Crippen molar-refractivity contribution in [2.75, 3.05) is 17.2 Å². The number of aromatic nitrogens is 4. The summed E-state index contributed by atoms with van der Waals surface area (Å²) in [7, 11) is 0. The highest BCUT2D eigenvalue weighted by Gasteiger charge is 2.34. The largest absolute Gasteiger partial charge is 0.435 e. The van der Waals surface area contributed by atoms with E-state index < -0.39 is 11.9 Å². The minimum Gasteiger partial charge on any atom is -0.382 e. The molecule has 0 bridgehead atoms. The first-order chi connectivity index (χ1) is 10.4. The molecule has 1 fully saturated rings. The van der Waals surface area contributed by atoms with Gasteiger partial charge in [-0.2, -0.15) is 18.3 Å². The lowest BCUT2D eigenvalue weighted by atomic mass is 10.1. The number of anilines is 2. The highest BCUT2D eigenvalue weighted by Crippen LogP contribution is 2.35. The Labute approximate surface area is 124 Å². The summed E-state index contributed by atoms with van der Waals surface area (Å²) < 4.78 is 37.6. The SMILES string of the molecule is Nc1ccc(C2CCCN2c2ccc(C(F)(F)F)nn2)nn1. The topological polar surface area (TPSA) is 80.8 Å². The molecule has 0 amide bonds. The van der Waals surface area contributed by atoms with Crippen molar-refractivity contribution in [1.29, 1.82) is 0 Å². The molecule has 6 nitrogen and oxygen atoms in total. The molecule has 1 saturated heterocycles. The summed E-state index contributed by atoms with van der Waals surface area (Å²) in [5.41, 5.74) is 5.23. The monoisotopic (exact) mass is 310 g/mol. The van der Waals surface area contributed by atoms with Gasteiger partial charge in [0.2, 0.25) is 0 Å². The second kappa shape index (κ2) is 5.39. The summed E-state index contributed by atoms with van der Waals surface area (Å²) in [5, 5.41) is 14.8. The van der Waals surface area contributed by atoms with E-state index in [4.69, 9.17) is 5.73 Å². The number of rotatable bonds is 2. The van der Waals surface area contributed by atoms with Gasteiger partial charge in [0.1, 0.15) is 5.82 Å². The van der Waals surface area contributed by atoms with Crippen LogP contribution in [-0.4, -0.2) is 26.9 Å². The van der Waals surface area contributed by atoms with Crippen LogP contribution in [0.3, 0.4) is 0 Å². The van der Waals surface area contributed by atoms with Gasteiger partial charge in [0, 0.05) is 6.54 Å². The summed E-state index contributed by atoms with van der Waals surface area (Å²) in [6.45, 7) is 0.677. The molecule has 1 unspecified atom stereocenters. The molecule has 1 aliphatic rings. The van der Waals surface area contributed by atoms with Crippen LogP contribution in [0.15, 0.2) is 24.3 Å². The Balaban J connectivity index is 1.85. The lowest BCUT2D eigenvalue weighted by molar-refractivity contribution is -0.141. The Bertz CT molecular complexity index is 640. The molecule has 3 heterocycles. The van der Waals surface area contributed by atoms with Crippen LogP contribution >= 0.6 is 0 Å². The van der Waals surface area contributed by atoms with Crippen LogP contribution in [-0.2, 0) is 6.18 Å². The third kappa shape index (κ3) is 2.78. The normalized spacial score (nSPS) is 18.7. The maximum atomic E-state index is 12.5. The Morgan fingerprint density at radius 3 is 2.45 bits per heavy atom. The Kier molecular flexibility index (Phi) is 3.55. The summed E-state index contributed by atoms with van der Waals surface area (Å²) in [6, 6.07) is 5.60. The molecular weight excluding hydrogens is 297 g/mol. The van der Waals surface area contributed by atoms with E-state index in [-0.39, 0.29) is 6.04 Å². The summed E-state index contributed by atoms with van der Waals surface area (Å²) in [5.74, 6) is 0.719. The minimum absolute atomic E-state index is 0.0841. The molecule has 3 rings (SSSR count). The molecular formula is C13H13F3N6. The van der Waals surface area contributed by atoms with E-state index in [0.717, 1.165) is 18.9 Å². The molecule has 0 spiro atoms. The molecule has 0 aromatic carbocycles. The van der Waals surface area contributed by atoms with E-state index in [0.29, 0.717) is 23.9 Å². The van der Waals surface area contributed by atoms with Gasteiger partial charge in [-0.3, -0.25) is 0 Å². The number of hydrogen-bond acceptors (Lipinski definition) is 6. The predicted octanol–water partition coefficient (Wildman–Crippen LogP) is 2.21. The number of nitrogens with zero attached hydrogens (tertiary/aromatic N) is 5. The van der Waals surface area contributed by atoms with E-state index in [2.05, 4.69) is 20.4 Å². The number of alkyl halides is 3. The predicted molar refractivity (Wildman–Crippen MR) is 72.8 cm³/mol. The zero-order chi connectivity index (χ0) is 15.7. The Morgan fingerprint density at radius 2 is 1.86 bits per heavy atom. The third-order valence-corrected chi connectivity index (χ3v) is 3.54. The lowest BCUT2D eigenvalue weighted by Gasteiger charge is -2.24. The van der Waals surface area contributed by atoms with Crippen molar-refractivity contribution < 1.29 is 13.2 Å². The van der Waals surface area contributed by atoms with E-state index in [9.17, 15) is 13.2 Å².